The zero-order valence-electron chi connectivity index (χ0n) is 23.4. The number of aromatic nitrogens is 2. The lowest BCUT2D eigenvalue weighted by atomic mass is 9.91. The molecule has 3 heterocycles. The van der Waals surface area contributed by atoms with E-state index in [1.54, 1.807) is 0 Å². The molecular weight excluding hydrogens is 434 g/mol. The predicted molar refractivity (Wildman–Crippen MR) is 146 cm³/mol. The van der Waals surface area contributed by atoms with Crippen molar-refractivity contribution in [2.75, 3.05) is 37.6 Å². The molecule has 3 rings (SSSR count). The molecule has 6 heteroatoms. The fourth-order valence-corrected chi connectivity index (χ4v) is 5.76. The van der Waals surface area contributed by atoms with Gasteiger partial charge >= 0.3 is 0 Å². The maximum Gasteiger partial charge on any atom is 0.225 e. The number of carbonyl (C=O) groups is 1. The van der Waals surface area contributed by atoms with Crippen LogP contribution in [-0.2, 0) is 4.79 Å². The van der Waals surface area contributed by atoms with Crippen molar-refractivity contribution >= 4 is 11.7 Å². The average Bonchev–Trinajstić information content (AvgIpc) is 2.87. The van der Waals surface area contributed by atoms with Crippen molar-refractivity contribution in [1.29, 1.82) is 0 Å². The molecule has 198 valence electrons. The fourth-order valence-electron chi connectivity index (χ4n) is 5.76. The van der Waals surface area contributed by atoms with Crippen LogP contribution >= 0.6 is 0 Å². The van der Waals surface area contributed by atoms with Crippen LogP contribution in [0.1, 0.15) is 104 Å². The summed E-state index contributed by atoms with van der Waals surface area (Å²) >= 11 is 0. The Balaban J connectivity index is 1.47. The summed E-state index contributed by atoms with van der Waals surface area (Å²) < 4.78 is 0. The molecule has 0 aliphatic carbocycles. The maximum absolute atomic E-state index is 11.8. The van der Waals surface area contributed by atoms with Crippen molar-refractivity contribution in [1.82, 2.24) is 19.8 Å². The number of nitrogens with zero attached hydrogens (tertiary/aromatic N) is 5. The van der Waals surface area contributed by atoms with Gasteiger partial charge in [-0.15, -0.1) is 0 Å². The van der Waals surface area contributed by atoms with Gasteiger partial charge in [-0.2, -0.15) is 0 Å². The second-order valence-corrected chi connectivity index (χ2v) is 11.4. The Bertz CT molecular complexity index is 743. The van der Waals surface area contributed by atoms with E-state index in [1.165, 1.54) is 24.8 Å². The van der Waals surface area contributed by atoms with Crippen LogP contribution in [0, 0.1) is 5.92 Å². The van der Waals surface area contributed by atoms with E-state index in [0.29, 0.717) is 29.8 Å². The Morgan fingerprint density at radius 3 is 2.06 bits per heavy atom. The third kappa shape index (κ3) is 7.72. The molecule has 0 N–H and O–H groups in total. The lowest BCUT2D eigenvalue weighted by Crippen LogP contribution is -2.60. The Morgan fingerprint density at radius 2 is 1.54 bits per heavy atom. The molecule has 35 heavy (non-hydrogen) atoms. The van der Waals surface area contributed by atoms with Crippen molar-refractivity contribution in [3.63, 3.8) is 0 Å². The first kappa shape index (κ1) is 28.0. The molecule has 0 bridgehead atoms. The molecule has 6 nitrogen and oxygen atoms in total. The van der Waals surface area contributed by atoms with Crippen LogP contribution in [0.3, 0.4) is 0 Å². The van der Waals surface area contributed by atoms with Gasteiger partial charge in [-0.3, -0.25) is 9.69 Å². The van der Waals surface area contributed by atoms with Gasteiger partial charge in [0, 0.05) is 55.9 Å². The van der Waals surface area contributed by atoms with Crippen LogP contribution in [-0.4, -0.2) is 76.4 Å². The van der Waals surface area contributed by atoms with Crippen molar-refractivity contribution in [2.24, 2.45) is 5.92 Å². The number of hydrogen-bond acceptors (Lipinski definition) is 6. The number of anilines is 1. The number of piperazine rings is 1. The predicted octanol–water partition coefficient (Wildman–Crippen LogP) is 5.53. The van der Waals surface area contributed by atoms with Gasteiger partial charge in [0.2, 0.25) is 5.95 Å². The van der Waals surface area contributed by atoms with E-state index in [2.05, 4.69) is 54.8 Å². The summed E-state index contributed by atoms with van der Waals surface area (Å²) in [6.45, 7) is 18.9. The van der Waals surface area contributed by atoms with Crippen LogP contribution in [0.15, 0.2) is 12.4 Å². The SMILES string of the molecule is CCC1CN(C(C)C)CC(CC)N1c1ncc(C2CCN(CCCCCC(=O)C(C)C)CC2)cn1. The summed E-state index contributed by atoms with van der Waals surface area (Å²) in [5.74, 6) is 2.09. The highest BCUT2D eigenvalue weighted by Crippen LogP contribution is 2.30. The van der Waals surface area contributed by atoms with Crippen molar-refractivity contribution in [3.8, 4) is 0 Å². The van der Waals surface area contributed by atoms with E-state index in [4.69, 9.17) is 9.97 Å². The number of unbranched alkanes of at least 4 members (excludes halogenated alkanes) is 2. The molecule has 2 aliphatic heterocycles. The maximum atomic E-state index is 11.8. The average molecular weight is 486 g/mol. The van der Waals surface area contributed by atoms with Crippen LogP contribution in [0.4, 0.5) is 5.95 Å². The molecule has 2 saturated heterocycles. The molecular formula is C29H51N5O. The highest BCUT2D eigenvalue weighted by Gasteiger charge is 2.35. The summed E-state index contributed by atoms with van der Waals surface area (Å²) in [7, 11) is 0. The second kappa shape index (κ2) is 13.7. The summed E-state index contributed by atoms with van der Waals surface area (Å²) in [5.41, 5.74) is 1.31. The zero-order chi connectivity index (χ0) is 25.4. The van der Waals surface area contributed by atoms with Gasteiger partial charge in [0.1, 0.15) is 5.78 Å². The van der Waals surface area contributed by atoms with Crippen molar-refractivity contribution in [3.05, 3.63) is 18.0 Å². The lowest BCUT2D eigenvalue weighted by molar-refractivity contribution is -0.122. The Labute approximate surface area is 214 Å². The topological polar surface area (TPSA) is 52.6 Å². The fraction of sp³-hybridized carbons (Fsp3) is 0.828. The quantitative estimate of drug-likeness (QED) is 0.363. The first-order valence-corrected chi connectivity index (χ1v) is 14.4. The number of hydrogen-bond donors (Lipinski definition) is 0. The standard InChI is InChI=1S/C29H51N5O/c1-7-26-20-33(23(5)6)21-27(8-2)34(26)29-30-18-25(19-31-29)24-13-16-32(17-14-24)15-11-9-10-12-28(35)22(3)4/h18-19,22-24,26-27H,7-17,20-21H2,1-6H3. The number of rotatable bonds is 12. The number of ketones is 1. The minimum absolute atomic E-state index is 0.184. The minimum Gasteiger partial charge on any atom is -0.332 e. The molecule has 1 aromatic heterocycles. The van der Waals surface area contributed by atoms with E-state index in [-0.39, 0.29) is 5.92 Å². The van der Waals surface area contributed by atoms with Gasteiger partial charge < -0.3 is 9.80 Å². The number of likely N-dealkylation sites (tertiary alicyclic amines) is 1. The van der Waals surface area contributed by atoms with Crippen LogP contribution in [0.5, 0.6) is 0 Å². The van der Waals surface area contributed by atoms with E-state index in [0.717, 1.165) is 70.8 Å². The number of Topliss-reactive ketones (excluding diaryl/α,β-unsaturated/α-hetero) is 1. The number of piperidine rings is 1. The molecule has 2 aliphatic rings. The normalized spacial score (nSPS) is 22.9. The molecule has 1 aromatic rings. The Kier molecular flexibility index (Phi) is 11.0. The smallest absolute Gasteiger partial charge is 0.225 e. The molecule has 2 unspecified atom stereocenters. The summed E-state index contributed by atoms with van der Waals surface area (Å²) in [6.07, 6.45) is 13.0. The van der Waals surface area contributed by atoms with Gasteiger partial charge in [-0.1, -0.05) is 34.1 Å². The highest BCUT2D eigenvalue weighted by atomic mass is 16.1. The molecule has 0 amide bonds. The molecule has 2 atom stereocenters. The third-order valence-electron chi connectivity index (χ3n) is 8.34. The van der Waals surface area contributed by atoms with Gasteiger partial charge in [0.15, 0.2) is 0 Å². The number of carbonyl (C=O) groups excluding carboxylic acids is 1. The molecule has 0 saturated carbocycles. The first-order chi connectivity index (χ1) is 16.8. The van der Waals surface area contributed by atoms with Crippen molar-refractivity contribution < 1.29 is 4.79 Å². The van der Waals surface area contributed by atoms with Crippen LogP contribution < -0.4 is 4.90 Å². The largest absolute Gasteiger partial charge is 0.332 e. The Morgan fingerprint density at radius 1 is 0.943 bits per heavy atom. The van der Waals surface area contributed by atoms with E-state index in [1.807, 2.05) is 13.8 Å². The van der Waals surface area contributed by atoms with Crippen LogP contribution in [0.2, 0.25) is 0 Å². The Hall–Kier alpha value is -1.53. The molecule has 0 aromatic carbocycles. The lowest BCUT2D eigenvalue weighted by Gasteiger charge is -2.48. The molecule has 2 fully saturated rings. The zero-order valence-corrected chi connectivity index (χ0v) is 23.4. The second-order valence-electron chi connectivity index (χ2n) is 11.4. The summed E-state index contributed by atoms with van der Waals surface area (Å²) in [5, 5.41) is 0. The van der Waals surface area contributed by atoms with Gasteiger partial charge in [0.05, 0.1) is 0 Å². The summed E-state index contributed by atoms with van der Waals surface area (Å²) in [6, 6.07) is 1.55. The van der Waals surface area contributed by atoms with E-state index in [9.17, 15) is 4.79 Å². The van der Waals surface area contributed by atoms with Crippen molar-refractivity contribution in [2.45, 2.75) is 117 Å². The van der Waals surface area contributed by atoms with E-state index >= 15 is 0 Å². The highest BCUT2D eigenvalue weighted by molar-refractivity contribution is 5.80. The van der Waals surface area contributed by atoms with Gasteiger partial charge in [-0.05, 0) is 83.5 Å². The minimum atomic E-state index is 0.184. The molecule has 0 radical (unpaired) electrons. The monoisotopic (exact) mass is 485 g/mol. The van der Waals surface area contributed by atoms with Gasteiger partial charge in [0.25, 0.3) is 0 Å². The summed E-state index contributed by atoms with van der Waals surface area (Å²) in [4.78, 5) is 29.3. The van der Waals surface area contributed by atoms with Gasteiger partial charge in [-0.25, -0.2) is 9.97 Å². The third-order valence-corrected chi connectivity index (χ3v) is 8.34. The molecule has 0 spiro atoms. The van der Waals surface area contributed by atoms with E-state index < -0.39 is 0 Å². The van der Waals surface area contributed by atoms with Crippen LogP contribution in [0.25, 0.3) is 0 Å². The first-order valence-electron chi connectivity index (χ1n) is 14.4.